The van der Waals surface area contributed by atoms with Gasteiger partial charge in [-0.1, -0.05) is 25.0 Å². The van der Waals surface area contributed by atoms with Crippen molar-refractivity contribution in [3.8, 4) is 0 Å². The Bertz CT molecular complexity index is 615. The lowest BCUT2D eigenvalue weighted by Gasteiger charge is -2.38. The van der Waals surface area contributed by atoms with Gasteiger partial charge in [-0.25, -0.2) is 4.98 Å². The average Bonchev–Trinajstić information content (AvgIpc) is 2.90. The van der Waals surface area contributed by atoms with Crippen LogP contribution in [0.1, 0.15) is 43.8 Å². The summed E-state index contributed by atoms with van der Waals surface area (Å²) >= 11 is 0. The van der Waals surface area contributed by atoms with Gasteiger partial charge in [-0.3, -0.25) is 4.79 Å². The number of amides is 1. The van der Waals surface area contributed by atoms with Gasteiger partial charge < -0.3 is 10.3 Å². The number of imidazole rings is 1. The first-order chi connectivity index (χ1) is 9.81. The highest BCUT2D eigenvalue weighted by Gasteiger charge is 2.38. The van der Waals surface area contributed by atoms with Crippen LogP contribution in [-0.4, -0.2) is 21.9 Å². The summed E-state index contributed by atoms with van der Waals surface area (Å²) < 4.78 is 0. The van der Waals surface area contributed by atoms with Gasteiger partial charge in [0.15, 0.2) is 0 Å². The van der Waals surface area contributed by atoms with Crippen molar-refractivity contribution in [3.05, 3.63) is 30.1 Å². The SMILES string of the molecule is O=C1NC2CCCCC2CC1c1nc2ccccc2[nH]1. The molecule has 1 saturated heterocycles. The van der Waals surface area contributed by atoms with Gasteiger partial charge in [0.05, 0.1) is 17.0 Å². The summed E-state index contributed by atoms with van der Waals surface area (Å²) in [5, 5.41) is 3.21. The minimum Gasteiger partial charge on any atom is -0.352 e. The molecule has 20 heavy (non-hydrogen) atoms. The monoisotopic (exact) mass is 269 g/mol. The summed E-state index contributed by atoms with van der Waals surface area (Å²) in [5.41, 5.74) is 1.96. The Hall–Kier alpha value is -1.84. The van der Waals surface area contributed by atoms with Crippen molar-refractivity contribution >= 4 is 16.9 Å². The molecule has 4 nitrogen and oxygen atoms in total. The Morgan fingerprint density at radius 3 is 2.90 bits per heavy atom. The summed E-state index contributed by atoms with van der Waals surface area (Å²) in [6.45, 7) is 0. The van der Waals surface area contributed by atoms with Crippen LogP contribution in [-0.2, 0) is 4.79 Å². The Morgan fingerprint density at radius 2 is 2.00 bits per heavy atom. The molecule has 1 saturated carbocycles. The first-order valence-corrected chi connectivity index (χ1v) is 7.56. The summed E-state index contributed by atoms with van der Waals surface area (Å²) in [6.07, 6.45) is 5.86. The molecule has 0 radical (unpaired) electrons. The third kappa shape index (κ3) is 1.90. The molecule has 3 unspecified atom stereocenters. The predicted molar refractivity (Wildman–Crippen MR) is 77.3 cm³/mol. The van der Waals surface area contributed by atoms with Gasteiger partial charge in [0.25, 0.3) is 0 Å². The van der Waals surface area contributed by atoms with Gasteiger partial charge in [0, 0.05) is 6.04 Å². The molecule has 1 aromatic heterocycles. The van der Waals surface area contributed by atoms with Gasteiger partial charge in [0.1, 0.15) is 5.82 Å². The molecule has 2 aromatic rings. The number of H-pyrrole nitrogens is 1. The number of carbonyl (C=O) groups is 1. The molecule has 0 spiro atoms. The largest absolute Gasteiger partial charge is 0.352 e. The summed E-state index contributed by atoms with van der Waals surface area (Å²) in [5.74, 6) is 1.49. The Balaban J connectivity index is 1.65. The molecule has 4 heteroatoms. The molecule has 0 bridgehead atoms. The van der Waals surface area contributed by atoms with Crippen LogP contribution < -0.4 is 5.32 Å². The fourth-order valence-corrected chi connectivity index (χ4v) is 3.75. The van der Waals surface area contributed by atoms with E-state index in [2.05, 4.69) is 15.3 Å². The van der Waals surface area contributed by atoms with Crippen LogP contribution in [0, 0.1) is 5.92 Å². The van der Waals surface area contributed by atoms with Gasteiger partial charge in [0.2, 0.25) is 5.91 Å². The lowest BCUT2D eigenvalue weighted by atomic mass is 9.75. The summed E-state index contributed by atoms with van der Waals surface area (Å²) in [6, 6.07) is 8.36. The van der Waals surface area contributed by atoms with Crippen molar-refractivity contribution in [1.82, 2.24) is 15.3 Å². The Labute approximate surface area is 118 Å². The van der Waals surface area contributed by atoms with Gasteiger partial charge in [-0.05, 0) is 37.3 Å². The normalized spacial score (nSPS) is 30.0. The molecule has 2 heterocycles. The van der Waals surface area contributed by atoms with E-state index >= 15 is 0 Å². The molecule has 2 aliphatic rings. The van der Waals surface area contributed by atoms with E-state index in [1.807, 2.05) is 24.3 Å². The number of benzene rings is 1. The zero-order valence-electron chi connectivity index (χ0n) is 11.4. The van der Waals surface area contributed by atoms with E-state index in [9.17, 15) is 4.79 Å². The molecular formula is C16H19N3O. The van der Waals surface area contributed by atoms with E-state index < -0.39 is 0 Å². The molecule has 2 fully saturated rings. The lowest BCUT2D eigenvalue weighted by Crippen LogP contribution is -2.49. The van der Waals surface area contributed by atoms with Gasteiger partial charge in [-0.15, -0.1) is 0 Å². The van der Waals surface area contributed by atoms with Crippen molar-refractivity contribution in [3.63, 3.8) is 0 Å². The minimum absolute atomic E-state index is 0.109. The zero-order chi connectivity index (χ0) is 13.5. The second-order valence-electron chi connectivity index (χ2n) is 6.09. The molecule has 1 aliphatic heterocycles. The van der Waals surface area contributed by atoms with E-state index in [1.54, 1.807) is 0 Å². The number of hydrogen-bond donors (Lipinski definition) is 2. The van der Waals surface area contributed by atoms with Crippen LogP contribution in [0.2, 0.25) is 0 Å². The van der Waals surface area contributed by atoms with E-state index in [4.69, 9.17) is 0 Å². The highest BCUT2D eigenvalue weighted by atomic mass is 16.2. The third-order valence-corrected chi connectivity index (χ3v) is 4.83. The van der Waals surface area contributed by atoms with Crippen molar-refractivity contribution in [1.29, 1.82) is 0 Å². The topological polar surface area (TPSA) is 57.8 Å². The number of carbonyl (C=O) groups excluding carboxylic acids is 1. The average molecular weight is 269 g/mol. The van der Waals surface area contributed by atoms with Crippen LogP contribution in [0.25, 0.3) is 11.0 Å². The highest BCUT2D eigenvalue weighted by Crippen LogP contribution is 2.36. The van der Waals surface area contributed by atoms with E-state index in [-0.39, 0.29) is 11.8 Å². The number of nitrogens with zero attached hydrogens (tertiary/aromatic N) is 1. The smallest absolute Gasteiger partial charge is 0.230 e. The second kappa shape index (κ2) is 4.62. The van der Waals surface area contributed by atoms with E-state index in [1.165, 1.54) is 19.3 Å². The van der Waals surface area contributed by atoms with Crippen molar-refractivity contribution in [2.75, 3.05) is 0 Å². The molecule has 104 valence electrons. The van der Waals surface area contributed by atoms with Crippen LogP contribution in [0.15, 0.2) is 24.3 Å². The first kappa shape index (κ1) is 11.9. The standard InChI is InChI=1S/C16H19N3O/c20-16-11(9-10-5-1-2-6-12(10)19-16)15-17-13-7-3-4-8-14(13)18-15/h3-4,7-8,10-12H,1-2,5-6,9H2,(H,17,18)(H,19,20). The fraction of sp³-hybridized carbons (Fsp3) is 0.500. The maximum absolute atomic E-state index is 12.4. The van der Waals surface area contributed by atoms with Crippen LogP contribution in [0.5, 0.6) is 0 Å². The number of para-hydroxylation sites is 2. The molecular weight excluding hydrogens is 250 g/mol. The van der Waals surface area contributed by atoms with Crippen LogP contribution in [0.4, 0.5) is 0 Å². The second-order valence-corrected chi connectivity index (χ2v) is 6.09. The van der Waals surface area contributed by atoms with Crippen molar-refractivity contribution in [2.45, 2.75) is 44.1 Å². The molecule has 4 rings (SSSR count). The highest BCUT2D eigenvalue weighted by molar-refractivity contribution is 5.85. The Kier molecular flexibility index (Phi) is 2.76. The summed E-state index contributed by atoms with van der Waals surface area (Å²) in [4.78, 5) is 20.3. The Morgan fingerprint density at radius 1 is 1.15 bits per heavy atom. The van der Waals surface area contributed by atoms with Crippen molar-refractivity contribution in [2.24, 2.45) is 5.92 Å². The number of piperidine rings is 1. The van der Waals surface area contributed by atoms with Crippen molar-refractivity contribution < 1.29 is 4.79 Å². The maximum Gasteiger partial charge on any atom is 0.230 e. The quantitative estimate of drug-likeness (QED) is 0.836. The number of aromatic amines is 1. The van der Waals surface area contributed by atoms with Crippen LogP contribution in [0.3, 0.4) is 0 Å². The van der Waals surface area contributed by atoms with Gasteiger partial charge >= 0.3 is 0 Å². The van der Waals surface area contributed by atoms with Gasteiger partial charge in [-0.2, -0.15) is 0 Å². The minimum atomic E-state index is -0.109. The predicted octanol–water partition coefficient (Wildman–Crippen LogP) is 2.73. The summed E-state index contributed by atoms with van der Waals surface area (Å²) in [7, 11) is 0. The number of aromatic nitrogens is 2. The molecule has 1 aromatic carbocycles. The number of fused-ring (bicyclic) bond motifs is 2. The third-order valence-electron chi connectivity index (χ3n) is 4.83. The number of hydrogen-bond acceptors (Lipinski definition) is 2. The molecule has 1 amide bonds. The zero-order valence-corrected chi connectivity index (χ0v) is 11.4. The molecule has 2 N–H and O–H groups in total. The fourth-order valence-electron chi connectivity index (χ4n) is 3.75. The van der Waals surface area contributed by atoms with E-state index in [0.717, 1.165) is 29.7 Å². The first-order valence-electron chi connectivity index (χ1n) is 7.56. The number of nitrogens with one attached hydrogen (secondary N) is 2. The lowest BCUT2D eigenvalue weighted by molar-refractivity contribution is -0.127. The van der Waals surface area contributed by atoms with E-state index in [0.29, 0.717) is 12.0 Å². The van der Waals surface area contributed by atoms with Crippen LogP contribution >= 0.6 is 0 Å². The molecule has 1 aliphatic carbocycles. The maximum atomic E-state index is 12.4. The molecule has 3 atom stereocenters. The number of rotatable bonds is 1.